The number of halogens is 4. The molecule has 1 heterocycles. The molecular formula is C15H22Br2Cl2N2. The molecule has 1 saturated heterocycles. The second kappa shape index (κ2) is 11.0. The summed E-state index contributed by atoms with van der Waals surface area (Å²) in [6, 6.07) is 6.91. The van der Waals surface area contributed by atoms with Crippen LogP contribution in [-0.4, -0.2) is 31.1 Å². The minimum atomic E-state index is 0. The van der Waals surface area contributed by atoms with Gasteiger partial charge in [0.05, 0.1) is 0 Å². The lowest BCUT2D eigenvalue weighted by atomic mass is 9.99. The molecule has 1 N–H and O–H groups in total. The van der Waals surface area contributed by atoms with Crippen LogP contribution in [-0.2, 0) is 0 Å². The average molecular weight is 461 g/mol. The zero-order chi connectivity index (χ0) is 13.7. The summed E-state index contributed by atoms with van der Waals surface area (Å²) < 4.78 is 2.34. The maximum atomic E-state index is 3.86. The predicted molar refractivity (Wildman–Crippen MR) is 103 cm³/mol. The van der Waals surface area contributed by atoms with Gasteiger partial charge in [-0.25, -0.2) is 0 Å². The van der Waals surface area contributed by atoms with E-state index in [0.29, 0.717) is 6.04 Å². The number of rotatable bonds is 5. The van der Waals surface area contributed by atoms with E-state index in [1.165, 1.54) is 10.0 Å². The van der Waals surface area contributed by atoms with E-state index < -0.39 is 0 Å². The summed E-state index contributed by atoms with van der Waals surface area (Å²) in [5.41, 5.74) is 1.37. The standard InChI is InChI=1S/C15H20Br2N2.2ClH/c1-2-3-4-15(19-9-7-18-8-10-19)13-11-12(16)5-6-14(13)17;;/h2,5-6,11,15,18H,1,3-4,7-10H2;2*1H/t15-;;/m1../s1. The van der Waals surface area contributed by atoms with Crippen molar-refractivity contribution >= 4 is 56.7 Å². The number of hydrogen-bond donors (Lipinski definition) is 1. The molecule has 1 aliphatic heterocycles. The highest BCUT2D eigenvalue weighted by molar-refractivity contribution is 9.11. The molecule has 1 atom stereocenters. The van der Waals surface area contributed by atoms with Crippen LogP contribution in [0, 0.1) is 0 Å². The minimum absolute atomic E-state index is 0. The van der Waals surface area contributed by atoms with Crippen molar-refractivity contribution in [2.75, 3.05) is 26.2 Å². The predicted octanol–water partition coefficient (Wildman–Crippen LogP) is 4.97. The summed E-state index contributed by atoms with van der Waals surface area (Å²) >= 11 is 7.29. The third-order valence-electron chi connectivity index (χ3n) is 3.55. The third kappa shape index (κ3) is 6.20. The van der Waals surface area contributed by atoms with Crippen molar-refractivity contribution in [3.63, 3.8) is 0 Å². The third-order valence-corrected chi connectivity index (χ3v) is 4.77. The van der Waals surface area contributed by atoms with Gasteiger partial charge in [-0.05, 0) is 36.6 Å². The van der Waals surface area contributed by atoms with Crippen LogP contribution >= 0.6 is 56.7 Å². The van der Waals surface area contributed by atoms with E-state index in [9.17, 15) is 0 Å². The SMILES string of the molecule is C=CCC[C@H](c1cc(Br)ccc1Br)N1CCNCC1.Cl.Cl. The Morgan fingerprint density at radius 1 is 1.24 bits per heavy atom. The van der Waals surface area contributed by atoms with Crippen LogP contribution in [0.15, 0.2) is 39.8 Å². The van der Waals surface area contributed by atoms with Crippen molar-refractivity contribution in [3.8, 4) is 0 Å². The Morgan fingerprint density at radius 3 is 2.52 bits per heavy atom. The van der Waals surface area contributed by atoms with Crippen molar-refractivity contribution in [1.82, 2.24) is 10.2 Å². The average Bonchev–Trinajstić information content (AvgIpc) is 2.44. The first kappa shape index (κ1) is 21.4. The molecular weight excluding hydrogens is 439 g/mol. The summed E-state index contributed by atoms with van der Waals surface area (Å²) in [6.07, 6.45) is 4.19. The van der Waals surface area contributed by atoms with Crippen LogP contribution in [0.5, 0.6) is 0 Å². The highest BCUT2D eigenvalue weighted by atomic mass is 79.9. The molecule has 1 aromatic rings. The molecule has 1 fully saturated rings. The molecule has 0 amide bonds. The molecule has 0 unspecified atom stereocenters. The molecule has 0 radical (unpaired) electrons. The Labute approximate surface area is 156 Å². The summed E-state index contributed by atoms with van der Waals surface area (Å²) in [5, 5.41) is 3.42. The van der Waals surface area contributed by atoms with Crippen LogP contribution in [0.1, 0.15) is 24.4 Å². The van der Waals surface area contributed by atoms with Crippen molar-refractivity contribution in [2.45, 2.75) is 18.9 Å². The first-order valence-electron chi connectivity index (χ1n) is 6.73. The maximum Gasteiger partial charge on any atom is 0.0363 e. The second-order valence-electron chi connectivity index (χ2n) is 4.83. The summed E-state index contributed by atoms with van der Waals surface area (Å²) in [4.78, 5) is 2.58. The molecule has 1 aromatic carbocycles. The molecule has 0 spiro atoms. The van der Waals surface area contributed by atoms with Crippen molar-refractivity contribution < 1.29 is 0 Å². The van der Waals surface area contributed by atoms with Crippen molar-refractivity contribution in [3.05, 3.63) is 45.4 Å². The van der Waals surface area contributed by atoms with Gasteiger partial charge in [-0.3, -0.25) is 4.90 Å². The molecule has 1 aliphatic rings. The highest BCUT2D eigenvalue weighted by Gasteiger charge is 2.23. The normalized spacial score (nSPS) is 16.5. The lowest BCUT2D eigenvalue weighted by Crippen LogP contribution is -2.45. The number of benzene rings is 1. The van der Waals surface area contributed by atoms with Gasteiger partial charge in [0, 0.05) is 41.2 Å². The highest BCUT2D eigenvalue weighted by Crippen LogP contribution is 2.33. The molecule has 0 bridgehead atoms. The van der Waals surface area contributed by atoms with Gasteiger partial charge < -0.3 is 5.32 Å². The molecule has 2 nitrogen and oxygen atoms in total. The van der Waals surface area contributed by atoms with Gasteiger partial charge in [0.1, 0.15) is 0 Å². The molecule has 0 aromatic heterocycles. The van der Waals surface area contributed by atoms with E-state index in [4.69, 9.17) is 0 Å². The minimum Gasteiger partial charge on any atom is -0.314 e. The van der Waals surface area contributed by atoms with Gasteiger partial charge in [0.25, 0.3) is 0 Å². The van der Waals surface area contributed by atoms with E-state index in [0.717, 1.165) is 43.5 Å². The number of hydrogen-bond acceptors (Lipinski definition) is 2. The van der Waals surface area contributed by atoms with E-state index in [2.05, 4.69) is 66.9 Å². The topological polar surface area (TPSA) is 15.3 Å². The molecule has 0 aliphatic carbocycles. The van der Waals surface area contributed by atoms with Crippen LogP contribution in [0.4, 0.5) is 0 Å². The number of allylic oxidation sites excluding steroid dienone is 1. The quantitative estimate of drug-likeness (QED) is 0.624. The Balaban J connectivity index is 0.00000200. The molecule has 6 heteroatoms. The number of nitrogens with zero attached hydrogens (tertiary/aromatic N) is 1. The zero-order valence-corrected chi connectivity index (χ0v) is 16.7. The van der Waals surface area contributed by atoms with Gasteiger partial charge in [0.2, 0.25) is 0 Å². The zero-order valence-electron chi connectivity index (χ0n) is 11.9. The Morgan fingerprint density at radius 2 is 1.90 bits per heavy atom. The van der Waals surface area contributed by atoms with E-state index in [1.807, 2.05) is 6.08 Å². The fourth-order valence-corrected chi connectivity index (χ4v) is 3.46. The van der Waals surface area contributed by atoms with Gasteiger partial charge in [-0.1, -0.05) is 37.9 Å². The first-order chi connectivity index (χ1) is 9.22. The Kier molecular flexibility index (Phi) is 11.3. The maximum absolute atomic E-state index is 3.86. The van der Waals surface area contributed by atoms with Crippen molar-refractivity contribution in [2.24, 2.45) is 0 Å². The lowest BCUT2D eigenvalue weighted by Gasteiger charge is -2.35. The smallest absolute Gasteiger partial charge is 0.0363 e. The van der Waals surface area contributed by atoms with Crippen LogP contribution in [0.3, 0.4) is 0 Å². The van der Waals surface area contributed by atoms with Gasteiger partial charge in [0.15, 0.2) is 0 Å². The second-order valence-corrected chi connectivity index (χ2v) is 6.60. The van der Waals surface area contributed by atoms with E-state index in [-0.39, 0.29) is 24.8 Å². The monoisotopic (exact) mass is 458 g/mol. The molecule has 120 valence electrons. The number of piperazine rings is 1. The van der Waals surface area contributed by atoms with Gasteiger partial charge >= 0.3 is 0 Å². The fraction of sp³-hybridized carbons (Fsp3) is 0.467. The Hall–Kier alpha value is 0.420. The fourth-order valence-electron chi connectivity index (χ4n) is 2.57. The van der Waals surface area contributed by atoms with Crippen molar-refractivity contribution in [1.29, 1.82) is 0 Å². The van der Waals surface area contributed by atoms with Crippen LogP contribution in [0.2, 0.25) is 0 Å². The van der Waals surface area contributed by atoms with Gasteiger partial charge in [-0.2, -0.15) is 0 Å². The molecule has 2 rings (SSSR count). The lowest BCUT2D eigenvalue weighted by molar-refractivity contribution is 0.165. The Bertz CT molecular complexity index is 438. The number of nitrogens with one attached hydrogen (secondary N) is 1. The molecule has 0 saturated carbocycles. The molecule has 21 heavy (non-hydrogen) atoms. The largest absolute Gasteiger partial charge is 0.314 e. The van der Waals surface area contributed by atoms with E-state index >= 15 is 0 Å². The first-order valence-corrected chi connectivity index (χ1v) is 8.31. The van der Waals surface area contributed by atoms with Crippen LogP contribution in [0.25, 0.3) is 0 Å². The summed E-state index contributed by atoms with van der Waals surface area (Å²) in [5.74, 6) is 0. The summed E-state index contributed by atoms with van der Waals surface area (Å²) in [6.45, 7) is 8.24. The van der Waals surface area contributed by atoms with E-state index in [1.54, 1.807) is 0 Å². The summed E-state index contributed by atoms with van der Waals surface area (Å²) in [7, 11) is 0. The van der Waals surface area contributed by atoms with Gasteiger partial charge in [-0.15, -0.1) is 31.4 Å². The van der Waals surface area contributed by atoms with Crippen LogP contribution < -0.4 is 5.32 Å².